The predicted molar refractivity (Wildman–Crippen MR) is 86.0 cm³/mol. The summed E-state index contributed by atoms with van der Waals surface area (Å²) in [5.74, 6) is -0.223. The van der Waals surface area contributed by atoms with Crippen LogP contribution in [0.1, 0.15) is 24.0 Å². The number of alkyl halides is 3. The average molecular weight is 344 g/mol. The number of hydrogen-bond acceptors (Lipinski definition) is 3. The first kappa shape index (κ1) is 18.7. The predicted octanol–water partition coefficient (Wildman–Crippen LogP) is 3.29. The van der Waals surface area contributed by atoms with Crippen LogP contribution in [0.3, 0.4) is 0 Å². The summed E-state index contributed by atoms with van der Waals surface area (Å²) >= 11 is 0. The minimum absolute atomic E-state index is 0.0744. The highest BCUT2D eigenvalue weighted by molar-refractivity contribution is 5.93. The van der Waals surface area contributed by atoms with E-state index in [4.69, 9.17) is 4.74 Å². The van der Waals surface area contributed by atoms with Gasteiger partial charge in [0.25, 0.3) is 0 Å². The molecule has 0 aromatic heterocycles. The zero-order chi connectivity index (χ0) is 18.0. The molecule has 1 heterocycles. The highest BCUT2D eigenvalue weighted by atomic mass is 19.4. The van der Waals surface area contributed by atoms with Gasteiger partial charge in [-0.15, -0.1) is 0 Å². The first-order valence-electron chi connectivity index (χ1n) is 7.88. The number of nitrogens with zero attached hydrogens (tertiary/aromatic N) is 1. The minimum atomic E-state index is -4.39. The van der Waals surface area contributed by atoms with Crippen molar-refractivity contribution in [1.29, 1.82) is 0 Å². The lowest BCUT2D eigenvalue weighted by molar-refractivity contribution is -0.282. The van der Waals surface area contributed by atoms with E-state index in [1.165, 1.54) is 0 Å². The summed E-state index contributed by atoms with van der Waals surface area (Å²) in [5.41, 5.74) is 0.694. The lowest BCUT2D eigenvalue weighted by atomic mass is 9.90. The summed E-state index contributed by atoms with van der Waals surface area (Å²) in [5, 5.41) is 2.82. The van der Waals surface area contributed by atoms with Crippen LogP contribution in [0.4, 0.5) is 18.9 Å². The zero-order valence-corrected chi connectivity index (χ0v) is 14.2. The maximum atomic E-state index is 13.1. The third-order valence-corrected chi connectivity index (χ3v) is 4.59. The monoisotopic (exact) mass is 344 g/mol. The van der Waals surface area contributed by atoms with Gasteiger partial charge >= 0.3 is 6.18 Å². The summed E-state index contributed by atoms with van der Waals surface area (Å²) in [6.45, 7) is 4.29. The Morgan fingerprint density at radius 3 is 2.42 bits per heavy atom. The number of piperidine rings is 1. The fraction of sp³-hybridized carbons (Fsp3) is 0.588. The minimum Gasteiger partial charge on any atom is -0.369 e. The van der Waals surface area contributed by atoms with Crippen LogP contribution in [0, 0.1) is 13.8 Å². The molecule has 24 heavy (non-hydrogen) atoms. The molecule has 1 aromatic carbocycles. The molecule has 0 atom stereocenters. The summed E-state index contributed by atoms with van der Waals surface area (Å²) in [7, 11) is 1.09. The van der Waals surface area contributed by atoms with Crippen molar-refractivity contribution in [3.8, 4) is 0 Å². The number of hydrogen-bond donors (Lipinski definition) is 1. The Balaban J connectivity index is 1.90. The molecule has 0 spiro atoms. The van der Waals surface area contributed by atoms with Crippen LogP contribution >= 0.6 is 0 Å². The topological polar surface area (TPSA) is 41.6 Å². The maximum absolute atomic E-state index is 13.1. The van der Waals surface area contributed by atoms with Crippen molar-refractivity contribution in [3.05, 3.63) is 29.3 Å². The van der Waals surface area contributed by atoms with Gasteiger partial charge < -0.3 is 10.1 Å². The first-order chi connectivity index (χ1) is 11.2. The van der Waals surface area contributed by atoms with E-state index in [2.05, 4.69) is 5.32 Å². The number of halogens is 3. The van der Waals surface area contributed by atoms with Crippen molar-refractivity contribution >= 4 is 11.6 Å². The third-order valence-electron chi connectivity index (χ3n) is 4.59. The SMILES string of the molecule is COC1(C(F)(F)F)CCN(CC(=O)Nc2ccc(C)cc2C)CC1. The van der Waals surface area contributed by atoms with Gasteiger partial charge in [0.15, 0.2) is 5.60 Å². The molecule has 1 saturated heterocycles. The van der Waals surface area contributed by atoms with Gasteiger partial charge in [0.1, 0.15) is 0 Å². The number of carbonyl (C=O) groups excluding carboxylic acids is 1. The van der Waals surface area contributed by atoms with E-state index in [-0.39, 0.29) is 38.4 Å². The van der Waals surface area contributed by atoms with Crippen molar-refractivity contribution < 1.29 is 22.7 Å². The second-order valence-corrected chi connectivity index (χ2v) is 6.34. The first-order valence-corrected chi connectivity index (χ1v) is 7.88. The van der Waals surface area contributed by atoms with E-state index in [1.54, 1.807) is 4.90 Å². The molecule has 0 radical (unpaired) electrons. The second kappa shape index (κ2) is 7.11. The normalized spacial score (nSPS) is 18.4. The van der Waals surface area contributed by atoms with Gasteiger partial charge in [0.2, 0.25) is 5.91 Å². The maximum Gasteiger partial charge on any atom is 0.417 e. The molecule has 1 amide bonds. The Morgan fingerprint density at radius 1 is 1.29 bits per heavy atom. The molecule has 134 valence electrons. The van der Waals surface area contributed by atoms with E-state index >= 15 is 0 Å². The van der Waals surface area contributed by atoms with Gasteiger partial charge in [0.05, 0.1) is 6.54 Å². The van der Waals surface area contributed by atoms with Crippen LogP contribution in [0.25, 0.3) is 0 Å². The largest absolute Gasteiger partial charge is 0.417 e. The smallest absolute Gasteiger partial charge is 0.369 e. The number of anilines is 1. The van der Waals surface area contributed by atoms with Gasteiger partial charge in [-0.25, -0.2) is 0 Å². The van der Waals surface area contributed by atoms with E-state index in [0.717, 1.165) is 23.9 Å². The number of amides is 1. The van der Waals surface area contributed by atoms with Crippen LogP contribution < -0.4 is 5.32 Å². The summed E-state index contributed by atoms with van der Waals surface area (Å²) in [4.78, 5) is 13.9. The molecule has 1 aliphatic rings. The van der Waals surface area contributed by atoms with E-state index in [1.807, 2.05) is 32.0 Å². The molecular formula is C17H23F3N2O2. The van der Waals surface area contributed by atoms with E-state index < -0.39 is 11.8 Å². The van der Waals surface area contributed by atoms with Gasteiger partial charge in [-0.1, -0.05) is 17.7 Å². The summed E-state index contributed by atoms with van der Waals surface area (Å²) in [6.07, 6.45) is -4.72. The molecule has 4 nitrogen and oxygen atoms in total. The fourth-order valence-corrected chi connectivity index (χ4v) is 3.02. The number of rotatable bonds is 4. The molecule has 1 N–H and O–H groups in total. The van der Waals surface area contributed by atoms with Crippen LogP contribution in [0.2, 0.25) is 0 Å². The van der Waals surface area contributed by atoms with Crippen molar-refractivity contribution in [2.75, 3.05) is 32.1 Å². The van der Waals surface area contributed by atoms with E-state index in [9.17, 15) is 18.0 Å². The van der Waals surface area contributed by atoms with Crippen molar-refractivity contribution in [2.45, 2.75) is 38.5 Å². The van der Waals surface area contributed by atoms with Crippen LogP contribution in [-0.2, 0) is 9.53 Å². The van der Waals surface area contributed by atoms with Gasteiger partial charge in [-0.2, -0.15) is 13.2 Å². The second-order valence-electron chi connectivity index (χ2n) is 6.34. The van der Waals surface area contributed by atoms with Gasteiger partial charge in [0, 0.05) is 25.9 Å². The Kier molecular flexibility index (Phi) is 5.55. The zero-order valence-electron chi connectivity index (χ0n) is 14.2. The average Bonchev–Trinajstić information content (AvgIpc) is 2.50. The Hall–Kier alpha value is -1.60. The van der Waals surface area contributed by atoms with E-state index in [0.29, 0.717) is 0 Å². The molecule has 0 saturated carbocycles. The molecule has 0 bridgehead atoms. The quantitative estimate of drug-likeness (QED) is 0.911. The highest BCUT2D eigenvalue weighted by Crippen LogP contribution is 2.41. The van der Waals surface area contributed by atoms with Crippen LogP contribution in [0.5, 0.6) is 0 Å². The van der Waals surface area contributed by atoms with Crippen LogP contribution in [-0.4, -0.2) is 49.3 Å². The lowest BCUT2D eigenvalue weighted by Crippen LogP contribution is -2.55. The van der Waals surface area contributed by atoms with Crippen molar-refractivity contribution in [2.24, 2.45) is 0 Å². The van der Waals surface area contributed by atoms with Crippen molar-refractivity contribution in [3.63, 3.8) is 0 Å². The summed E-state index contributed by atoms with van der Waals surface area (Å²) < 4.78 is 44.2. The standard InChI is InChI=1S/C17H23F3N2O2/c1-12-4-5-14(13(2)10-12)21-15(23)11-22-8-6-16(24-3,7-9-22)17(18,19)20/h4-5,10H,6-9,11H2,1-3H3,(H,21,23). The number of ether oxygens (including phenoxy) is 1. The lowest BCUT2D eigenvalue weighted by Gasteiger charge is -2.41. The third kappa shape index (κ3) is 4.08. The molecule has 0 unspecified atom stereocenters. The number of aryl methyl sites for hydroxylation is 2. The Bertz CT molecular complexity index is 594. The molecule has 2 rings (SSSR count). The number of nitrogens with one attached hydrogen (secondary N) is 1. The Labute approximate surface area is 140 Å². The van der Waals surface area contributed by atoms with Gasteiger partial charge in [-0.05, 0) is 38.3 Å². The number of likely N-dealkylation sites (tertiary alicyclic amines) is 1. The summed E-state index contributed by atoms with van der Waals surface area (Å²) in [6, 6.07) is 5.70. The van der Waals surface area contributed by atoms with Crippen LogP contribution in [0.15, 0.2) is 18.2 Å². The molecule has 1 fully saturated rings. The number of benzene rings is 1. The van der Waals surface area contributed by atoms with Gasteiger partial charge in [-0.3, -0.25) is 9.69 Å². The van der Waals surface area contributed by atoms with Crippen molar-refractivity contribution in [1.82, 2.24) is 4.90 Å². The molecule has 1 aliphatic heterocycles. The molecule has 0 aliphatic carbocycles. The Morgan fingerprint density at radius 2 is 1.92 bits per heavy atom. The molecule has 1 aromatic rings. The number of carbonyl (C=O) groups is 1. The molecule has 7 heteroatoms. The fourth-order valence-electron chi connectivity index (χ4n) is 3.02. The highest BCUT2D eigenvalue weighted by Gasteiger charge is 2.56. The molecular weight excluding hydrogens is 321 g/mol. The number of methoxy groups -OCH3 is 1.